The molecule has 0 atom stereocenters. The largest absolute Gasteiger partial charge is 0.359 e. The Morgan fingerprint density at radius 1 is 0.778 bits per heavy atom. The maximum atomic E-state index is 6.60. The summed E-state index contributed by atoms with van der Waals surface area (Å²) < 4.78 is 6.60. The number of ether oxygens (including phenoxy) is 1. The zero-order chi connectivity index (χ0) is 12.5. The summed E-state index contributed by atoms with van der Waals surface area (Å²) in [7, 11) is 0. The van der Waals surface area contributed by atoms with E-state index in [0.717, 1.165) is 25.7 Å². The summed E-state index contributed by atoms with van der Waals surface area (Å²) in [6.45, 7) is 8.95. The van der Waals surface area contributed by atoms with Gasteiger partial charge in [0.2, 0.25) is 0 Å². The van der Waals surface area contributed by atoms with E-state index in [-0.39, 0.29) is 18.6 Å². The van der Waals surface area contributed by atoms with Gasteiger partial charge >= 0.3 is 0 Å². The molecular formula is C17H28O. The van der Waals surface area contributed by atoms with E-state index >= 15 is 0 Å². The molecule has 0 aromatic heterocycles. The van der Waals surface area contributed by atoms with Crippen LogP contribution in [0.2, 0.25) is 0 Å². The highest BCUT2D eigenvalue weighted by atomic mass is 16.5. The minimum atomic E-state index is -0.0530. The summed E-state index contributed by atoms with van der Waals surface area (Å²) in [5, 5.41) is 0. The van der Waals surface area contributed by atoms with E-state index < -0.39 is 0 Å². The van der Waals surface area contributed by atoms with Gasteiger partial charge in [0.05, 0.1) is 11.2 Å². The fourth-order valence-electron chi connectivity index (χ4n) is 3.31. The molecule has 0 unspecified atom stereocenters. The van der Waals surface area contributed by atoms with Gasteiger partial charge in [0, 0.05) is 0 Å². The van der Waals surface area contributed by atoms with Crippen LogP contribution in [-0.4, -0.2) is 0 Å². The third-order valence-corrected chi connectivity index (χ3v) is 4.58. The topological polar surface area (TPSA) is 9.23 Å². The lowest BCUT2D eigenvalue weighted by atomic mass is 9.83. The van der Waals surface area contributed by atoms with Crippen LogP contribution < -0.4 is 0 Å². The molecule has 1 aromatic carbocycles. The van der Waals surface area contributed by atoms with Gasteiger partial charge in [-0.2, -0.15) is 0 Å². The Hall–Kier alpha value is -0.820. The maximum absolute atomic E-state index is 6.60. The SMILES string of the molecule is C.CCC1(CC)OC(CC)(CC)c2ccccc21. The molecule has 1 aromatic rings. The minimum absolute atomic E-state index is 0. The van der Waals surface area contributed by atoms with Crippen molar-refractivity contribution in [3.8, 4) is 0 Å². The van der Waals surface area contributed by atoms with Crippen LogP contribution in [0.15, 0.2) is 24.3 Å². The number of benzene rings is 1. The molecule has 0 amide bonds. The Kier molecular flexibility index (Phi) is 4.61. The highest BCUT2D eigenvalue weighted by Crippen LogP contribution is 2.53. The highest BCUT2D eigenvalue weighted by molar-refractivity contribution is 5.41. The molecular weight excluding hydrogens is 220 g/mol. The Balaban J connectivity index is 0.00000162. The summed E-state index contributed by atoms with van der Waals surface area (Å²) in [6.07, 6.45) is 4.23. The molecule has 1 heterocycles. The fraction of sp³-hybridized carbons (Fsp3) is 0.647. The van der Waals surface area contributed by atoms with Crippen LogP contribution in [-0.2, 0) is 15.9 Å². The van der Waals surface area contributed by atoms with Gasteiger partial charge in [-0.15, -0.1) is 0 Å². The van der Waals surface area contributed by atoms with E-state index in [1.807, 2.05) is 0 Å². The number of hydrogen-bond donors (Lipinski definition) is 0. The predicted molar refractivity (Wildman–Crippen MR) is 78.8 cm³/mol. The van der Waals surface area contributed by atoms with Crippen molar-refractivity contribution in [1.82, 2.24) is 0 Å². The molecule has 1 nitrogen and oxygen atoms in total. The quantitative estimate of drug-likeness (QED) is 0.694. The highest BCUT2D eigenvalue weighted by Gasteiger charge is 2.49. The van der Waals surface area contributed by atoms with Crippen molar-refractivity contribution in [2.45, 2.75) is 72.0 Å². The third kappa shape index (κ3) is 1.89. The first kappa shape index (κ1) is 15.2. The molecule has 0 N–H and O–H groups in total. The van der Waals surface area contributed by atoms with Crippen molar-refractivity contribution in [3.05, 3.63) is 35.4 Å². The van der Waals surface area contributed by atoms with Crippen molar-refractivity contribution < 1.29 is 4.74 Å². The predicted octanol–water partition coefficient (Wildman–Crippen LogP) is 5.38. The van der Waals surface area contributed by atoms with Gasteiger partial charge in [-0.25, -0.2) is 0 Å². The van der Waals surface area contributed by atoms with Crippen molar-refractivity contribution in [2.24, 2.45) is 0 Å². The van der Waals surface area contributed by atoms with Gasteiger partial charge in [-0.05, 0) is 36.8 Å². The van der Waals surface area contributed by atoms with E-state index in [9.17, 15) is 0 Å². The second-order valence-electron chi connectivity index (χ2n) is 5.05. The molecule has 18 heavy (non-hydrogen) atoms. The van der Waals surface area contributed by atoms with Gasteiger partial charge in [-0.1, -0.05) is 59.4 Å². The molecule has 1 heteroatoms. The van der Waals surface area contributed by atoms with Crippen LogP contribution in [0.25, 0.3) is 0 Å². The maximum Gasteiger partial charge on any atom is 0.0941 e. The average molecular weight is 248 g/mol. The summed E-state index contributed by atoms with van der Waals surface area (Å²) >= 11 is 0. The van der Waals surface area contributed by atoms with Crippen LogP contribution >= 0.6 is 0 Å². The summed E-state index contributed by atoms with van der Waals surface area (Å²) in [4.78, 5) is 0. The lowest BCUT2D eigenvalue weighted by Crippen LogP contribution is -2.31. The Morgan fingerprint density at radius 2 is 1.11 bits per heavy atom. The van der Waals surface area contributed by atoms with Crippen LogP contribution in [0.1, 0.15) is 71.9 Å². The van der Waals surface area contributed by atoms with E-state index in [0.29, 0.717) is 0 Å². The lowest BCUT2D eigenvalue weighted by Gasteiger charge is -2.34. The van der Waals surface area contributed by atoms with E-state index in [1.54, 1.807) is 0 Å². The molecule has 0 fully saturated rings. The lowest BCUT2D eigenvalue weighted by molar-refractivity contribution is -0.151. The van der Waals surface area contributed by atoms with E-state index in [1.165, 1.54) is 11.1 Å². The third-order valence-electron chi connectivity index (χ3n) is 4.58. The van der Waals surface area contributed by atoms with Crippen LogP contribution in [0, 0.1) is 0 Å². The van der Waals surface area contributed by atoms with Gasteiger partial charge in [0.1, 0.15) is 0 Å². The molecule has 0 bridgehead atoms. The first-order chi connectivity index (χ1) is 8.18. The standard InChI is InChI=1S/C16H24O.CH4/c1-5-15(6-2)13-11-9-10-12-14(13)16(7-3,8-4)17-15;/h9-12H,5-8H2,1-4H3;1H4. The molecule has 0 saturated carbocycles. The first-order valence-electron chi connectivity index (χ1n) is 6.98. The van der Waals surface area contributed by atoms with Crippen molar-refractivity contribution in [3.63, 3.8) is 0 Å². The number of rotatable bonds is 4. The number of hydrogen-bond acceptors (Lipinski definition) is 1. The monoisotopic (exact) mass is 248 g/mol. The molecule has 2 rings (SSSR count). The van der Waals surface area contributed by atoms with Gasteiger partial charge in [0.25, 0.3) is 0 Å². The van der Waals surface area contributed by atoms with Crippen LogP contribution in [0.5, 0.6) is 0 Å². The molecule has 102 valence electrons. The number of fused-ring (bicyclic) bond motifs is 1. The Bertz CT molecular complexity index is 349. The Labute approximate surface area is 113 Å². The van der Waals surface area contributed by atoms with Crippen LogP contribution in [0.3, 0.4) is 0 Å². The normalized spacial score (nSPS) is 19.1. The molecule has 0 saturated heterocycles. The average Bonchev–Trinajstić information content (AvgIpc) is 2.71. The second-order valence-corrected chi connectivity index (χ2v) is 5.05. The van der Waals surface area contributed by atoms with Crippen molar-refractivity contribution in [1.29, 1.82) is 0 Å². The van der Waals surface area contributed by atoms with Gasteiger partial charge < -0.3 is 4.74 Å². The van der Waals surface area contributed by atoms with Gasteiger partial charge in [0.15, 0.2) is 0 Å². The fourth-order valence-corrected chi connectivity index (χ4v) is 3.31. The summed E-state index contributed by atoms with van der Waals surface area (Å²) in [5.41, 5.74) is 2.74. The zero-order valence-corrected chi connectivity index (χ0v) is 11.5. The van der Waals surface area contributed by atoms with Crippen molar-refractivity contribution >= 4 is 0 Å². The van der Waals surface area contributed by atoms with Crippen LogP contribution in [0.4, 0.5) is 0 Å². The second kappa shape index (κ2) is 5.44. The van der Waals surface area contributed by atoms with E-state index in [4.69, 9.17) is 4.74 Å². The molecule has 1 aliphatic heterocycles. The molecule has 0 aliphatic carbocycles. The Morgan fingerprint density at radius 3 is 1.39 bits per heavy atom. The molecule has 0 spiro atoms. The molecule has 1 aliphatic rings. The first-order valence-corrected chi connectivity index (χ1v) is 6.98. The van der Waals surface area contributed by atoms with Crippen molar-refractivity contribution in [2.75, 3.05) is 0 Å². The smallest absolute Gasteiger partial charge is 0.0941 e. The summed E-state index contributed by atoms with van der Waals surface area (Å²) in [6, 6.07) is 8.80. The zero-order valence-electron chi connectivity index (χ0n) is 11.5. The molecule has 0 radical (unpaired) electrons. The summed E-state index contributed by atoms with van der Waals surface area (Å²) in [5.74, 6) is 0. The van der Waals surface area contributed by atoms with E-state index in [2.05, 4.69) is 52.0 Å². The minimum Gasteiger partial charge on any atom is -0.359 e. The van der Waals surface area contributed by atoms with Gasteiger partial charge in [-0.3, -0.25) is 0 Å².